The van der Waals surface area contributed by atoms with E-state index in [9.17, 15) is 0 Å². The van der Waals surface area contributed by atoms with E-state index in [1.165, 1.54) is 12.8 Å². The van der Waals surface area contributed by atoms with Gasteiger partial charge in [-0.3, -0.25) is 4.99 Å². The molecule has 0 amide bonds. The van der Waals surface area contributed by atoms with E-state index in [4.69, 9.17) is 10.5 Å². The Labute approximate surface area is 122 Å². The molecule has 0 aromatic rings. The monoisotopic (exact) mass is 355 g/mol. The second-order valence-corrected chi connectivity index (χ2v) is 4.83. The third kappa shape index (κ3) is 7.08. The summed E-state index contributed by atoms with van der Waals surface area (Å²) in [7, 11) is 0. The van der Waals surface area contributed by atoms with Crippen molar-refractivity contribution in [1.29, 1.82) is 0 Å². The highest BCUT2D eigenvalue weighted by atomic mass is 127. The molecule has 102 valence electrons. The summed E-state index contributed by atoms with van der Waals surface area (Å²) in [5.74, 6) is 1.51. The summed E-state index contributed by atoms with van der Waals surface area (Å²) in [6.07, 6.45) is 2.71. The van der Waals surface area contributed by atoms with E-state index in [1.54, 1.807) is 0 Å². The van der Waals surface area contributed by atoms with Crippen molar-refractivity contribution < 1.29 is 4.74 Å². The van der Waals surface area contributed by atoms with E-state index in [1.807, 2.05) is 13.8 Å². The van der Waals surface area contributed by atoms with Crippen LogP contribution in [0.4, 0.5) is 0 Å². The van der Waals surface area contributed by atoms with Crippen LogP contribution in [0.3, 0.4) is 0 Å². The first-order valence-electron chi connectivity index (χ1n) is 6.26. The average Bonchev–Trinajstić information content (AvgIpc) is 2.25. The number of ether oxygens (including phenoxy) is 1. The molecule has 17 heavy (non-hydrogen) atoms. The Morgan fingerprint density at radius 3 is 2.53 bits per heavy atom. The maximum atomic E-state index is 5.93. The fourth-order valence-electron chi connectivity index (χ4n) is 1.79. The summed E-state index contributed by atoms with van der Waals surface area (Å²) in [6.45, 7) is 9.75. The highest BCUT2D eigenvalue weighted by Crippen LogP contribution is 2.15. The van der Waals surface area contributed by atoms with Crippen molar-refractivity contribution in [3.63, 3.8) is 0 Å². The van der Waals surface area contributed by atoms with Gasteiger partial charge in [-0.05, 0) is 32.6 Å². The molecular formula is C12H26IN3O. The third-order valence-electron chi connectivity index (χ3n) is 2.92. The number of hydrogen-bond donors (Lipinski definition) is 1. The molecule has 1 fully saturated rings. The quantitative estimate of drug-likeness (QED) is 0.364. The Morgan fingerprint density at radius 1 is 1.41 bits per heavy atom. The van der Waals surface area contributed by atoms with Gasteiger partial charge in [-0.2, -0.15) is 0 Å². The Balaban J connectivity index is 0.00000256. The van der Waals surface area contributed by atoms with Gasteiger partial charge in [0.15, 0.2) is 5.96 Å². The molecule has 0 atom stereocenters. The number of nitrogens with two attached hydrogens (primary N) is 1. The number of piperidine rings is 1. The molecule has 0 aromatic carbocycles. The molecule has 1 aliphatic heterocycles. The molecule has 0 saturated carbocycles. The van der Waals surface area contributed by atoms with Gasteiger partial charge >= 0.3 is 0 Å². The summed E-state index contributed by atoms with van der Waals surface area (Å²) in [5, 5.41) is 0. The summed E-state index contributed by atoms with van der Waals surface area (Å²) in [4.78, 5) is 6.52. The molecule has 4 nitrogen and oxygen atoms in total. The minimum Gasteiger partial charge on any atom is -0.377 e. The second-order valence-electron chi connectivity index (χ2n) is 4.83. The normalized spacial score (nSPS) is 18.4. The van der Waals surface area contributed by atoms with Crippen LogP contribution < -0.4 is 5.73 Å². The zero-order valence-corrected chi connectivity index (χ0v) is 13.5. The largest absolute Gasteiger partial charge is 0.377 e. The van der Waals surface area contributed by atoms with Crippen molar-refractivity contribution in [1.82, 2.24) is 4.90 Å². The van der Waals surface area contributed by atoms with Crippen LogP contribution in [-0.2, 0) is 4.74 Å². The number of likely N-dealkylation sites (tertiary alicyclic amines) is 1. The van der Waals surface area contributed by atoms with Crippen LogP contribution >= 0.6 is 24.0 Å². The fraction of sp³-hybridized carbons (Fsp3) is 0.917. The van der Waals surface area contributed by atoms with Crippen LogP contribution in [0.1, 0.15) is 33.6 Å². The summed E-state index contributed by atoms with van der Waals surface area (Å²) in [5.41, 5.74) is 5.93. The van der Waals surface area contributed by atoms with Crippen LogP contribution in [0.25, 0.3) is 0 Å². The minimum atomic E-state index is 0. The third-order valence-corrected chi connectivity index (χ3v) is 2.92. The standard InChI is InChI=1S/C12H25N3O.HI/c1-10(2)16-9-6-14-12(13)15-7-4-11(3)5-8-15;/h10-11H,4-9H2,1-3H3,(H2,13,14);1H. The summed E-state index contributed by atoms with van der Waals surface area (Å²) in [6, 6.07) is 0. The van der Waals surface area contributed by atoms with Gasteiger partial charge in [0.05, 0.1) is 19.3 Å². The van der Waals surface area contributed by atoms with Gasteiger partial charge < -0.3 is 15.4 Å². The molecule has 0 spiro atoms. The van der Waals surface area contributed by atoms with E-state index in [0.29, 0.717) is 19.1 Å². The first-order chi connectivity index (χ1) is 7.59. The van der Waals surface area contributed by atoms with Crippen LogP contribution in [0.5, 0.6) is 0 Å². The molecule has 0 bridgehead atoms. The zero-order valence-electron chi connectivity index (χ0n) is 11.2. The first kappa shape index (κ1) is 17.0. The molecule has 0 unspecified atom stereocenters. The van der Waals surface area contributed by atoms with Gasteiger partial charge in [0.25, 0.3) is 0 Å². The van der Waals surface area contributed by atoms with E-state index in [-0.39, 0.29) is 30.1 Å². The van der Waals surface area contributed by atoms with Crippen molar-refractivity contribution in [2.24, 2.45) is 16.6 Å². The minimum absolute atomic E-state index is 0. The van der Waals surface area contributed by atoms with E-state index < -0.39 is 0 Å². The number of rotatable bonds is 4. The topological polar surface area (TPSA) is 50.8 Å². The van der Waals surface area contributed by atoms with Crippen molar-refractivity contribution in [3.05, 3.63) is 0 Å². The lowest BCUT2D eigenvalue weighted by molar-refractivity contribution is 0.0851. The van der Waals surface area contributed by atoms with Gasteiger partial charge in [-0.25, -0.2) is 0 Å². The molecule has 1 aliphatic rings. The first-order valence-corrected chi connectivity index (χ1v) is 6.26. The lowest BCUT2D eigenvalue weighted by Gasteiger charge is -2.31. The van der Waals surface area contributed by atoms with E-state index in [2.05, 4.69) is 16.8 Å². The number of hydrogen-bond acceptors (Lipinski definition) is 2. The number of halogens is 1. The van der Waals surface area contributed by atoms with Gasteiger partial charge in [0, 0.05) is 13.1 Å². The van der Waals surface area contributed by atoms with Gasteiger partial charge in [-0.1, -0.05) is 6.92 Å². The lowest BCUT2D eigenvalue weighted by Crippen LogP contribution is -2.42. The predicted molar refractivity (Wildman–Crippen MR) is 83.0 cm³/mol. The van der Waals surface area contributed by atoms with Crippen molar-refractivity contribution in [3.8, 4) is 0 Å². The SMILES string of the molecule is CC1CCN(C(N)=NCCOC(C)C)CC1.I. The Kier molecular flexibility index (Phi) is 8.94. The zero-order chi connectivity index (χ0) is 12.0. The van der Waals surface area contributed by atoms with Gasteiger partial charge in [-0.15, -0.1) is 24.0 Å². The summed E-state index contributed by atoms with van der Waals surface area (Å²) >= 11 is 0. The summed E-state index contributed by atoms with van der Waals surface area (Å²) < 4.78 is 5.42. The molecule has 2 N–H and O–H groups in total. The Hall–Kier alpha value is -0.0400. The maximum Gasteiger partial charge on any atom is 0.191 e. The smallest absolute Gasteiger partial charge is 0.191 e. The molecule has 0 aromatic heterocycles. The van der Waals surface area contributed by atoms with Crippen molar-refractivity contribution >= 4 is 29.9 Å². The number of aliphatic imine (C=N–C) groups is 1. The number of guanidine groups is 1. The van der Waals surface area contributed by atoms with E-state index in [0.717, 1.165) is 19.0 Å². The Bertz CT molecular complexity index is 226. The van der Waals surface area contributed by atoms with Crippen molar-refractivity contribution in [2.75, 3.05) is 26.2 Å². The van der Waals surface area contributed by atoms with Crippen LogP contribution in [0.15, 0.2) is 4.99 Å². The molecule has 1 saturated heterocycles. The lowest BCUT2D eigenvalue weighted by atomic mass is 10.00. The van der Waals surface area contributed by atoms with Crippen LogP contribution in [0.2, 0.25) is 0 Å². The molecule has 1 heterocycles. The predicted octanol–water partition coefficient (Wildman–Crippen LogP) is 2.08. The highest BCUT2D eigenvalue weighted by molar-refractivity contribution is 14.0. The fourth-order valence-corrected chi connectivity index (χ4v) is 1.79. The van der Waals surface area contributed by atoms with Crippen LogP contribution in [-0.4, -0.2) is 43.2 Å². The Morgan fingerprint density at radius 2 is 2.00 bits per heavy atom. The average molecular weight is 355 g/mol. The number of nitrogens with zero attached hydrogens (tertiary/aromatic N) is 2. The molecule has 0 radical (unpaired) electrons. The van der Waals surface area contributed by atoms with Gasteiger partial charge in [0.2, 0.25) is 0 Å². The second kappa shape index (κ2) is 8.97. The molecule has 1 rings (SSSR count). The van der Waals surface area contributed by atoms with Gasteiger partial charge in [0.1, 0.15) is 0 Å². The highest BCUT2D eigenvalue weighted by Gasteiger charge is 2.16. The van der Waals surface area contributed by atoms with Crippen molar-refractivity contribution in [2.45, 2.75) is 39.7 Å². The maximum absolute atomic E-state index is 5.93. The van der Waals surface area contributed by atoms with Crippen LogP contribution in [0, 0.1) is 5.92 Å². The molecule has 0 aliphatic carbocycles. The molecule has 5 heteroatoms. The molecular weight excluding hydrogens is 329 g/mol. The van der Waals surface area contributed by atoms with E-state index >= 15 is 0 Å².